The minimum atomic E-state index is -1.61. The normalized spacial score (nSPS) is 11.7. The molecule has 2 aromatic carbocycles. The zero-order valence-corrected chi connectivity index (χ0v) is 15.2. The fourth-order valence-electron chi connectivity index (χ4n) is 2.36. The van der Waals surface area contributed by atoms with Gasteiger partial charge in [0.1, 0.15) is 0 Å². The summed E-state index contributed by atoms with van der Waals surface area (Å²) in [5.74, 6) is -0.630. The number of rotatable bonds is 6. The van der Waals surface area contributed by atoms with Crippen molar-refractivity contribution in [3.8, 4) is 0 Å². The second-order valence-corrected chi connectivity index (χ2v) is 7.23. The van der Waals surface area contributed by atoms with Crippen molar-refractivity contribution in [2.75, 3.05) is 4.31 Å². The monoisotopic (exact) mass is 386 g/mol. The van der Waals surface area contributed by atoms with Crippen molar-refractivity contribution in [3.63, 3.8) is 0 Å². The largest absolute Gasteiger partial charge is 0.478 e. The van der Waals surface area contributed by atoms with Crippen molar-refractivity contribution in [1.29, 1.82) is 0 Å². The van der Waals surface area contributed by atoms with Gasteiger partial charge in [-0.3, -0.25) is 4.31 Å². The lowest BCUT2D eigenvalue weighted by molar-refractivity contribution is 0.0697. The Bertz CT molecular complexity index is 933. The van der Waals surface area contributed by atoms with Crippen LogP contribution in [0.2, 0.25) is 5.02 Å². The maximum absolute atomic E-state index is 13.2. The summed E-state index contributed by atoms with van der Waals surface area (Å²) in [6.07, 6.45) is 1.59. The molecule has 1 N–H and O–H groups in total. The van der Waals surface area contributed by atoms with Gasteiger partial charge in [0, 0.05) is 6.20 Å². The molecule has 7 heteroatoms. The standard InChI is InChI=1S/C19H15ClN2O3S/c20-17-7-4-12-21-18(17)22(13-14-5-2-1-3-6-14)26(25)16-10-8-15(9-11-16)19(23)24/h1-12H,13H2,(H,23,24). The number of halogens is 1. The molecule has 0 aliphatic heterocycles. The molecule has 0 amide bonds. The minimum absolute atomic E-state index is 0.135. The Morgan fingerprint density at radius 3 is 2.35 bits per heavy atom. The molecule has 0 saturated heterocycles. The zero-order valence-electron chi connectivity index (χ0n) is 13.6. The third-order valence-corrected chi connectivity index (χ3v) is 5.32. The van der Waals surface area contributed by atoms with Crippen LogP contribution in [0.15, 0.2) is 77.8 Å². The minimum Gasteiger partial charge on any atom is -0.478 e. The fraction of sp³-hybridized carbons (Fsp3) is 0.0526. The number of aromatic carboxylic acids is 1. The Morgan fingerprint density at radius 2 is 1.73 bits per heavy atom. The number of hydrogen-bond donors (Lipinski definition) is 1. The summed E-state index contributed by atoms with van der Waals surface area (Å²) in [4.78, 5) is 15.7. The van der Waals surface area contributed by atoms with Gasteiger partial charge in [0.2, 0.25) is 0 Å². The lowest BCUT2D eigenvalue weighted by atomic mass is 10.2. The lowest BCUT2D eigenvalue weighted by Gasteiger charge is -2.23. The van der Waals surface area contributed by atoms with E-state index < -0.39 is 17.0 Å². The average molecular weight is 387 g/mol. The first-order chi connectivity index (χ1) is 12.6. The Hall–Kier alpha value is -2.70. The van der Waals surface area contributed by atoms with Gasteiger partial charge in [-0.25, -0.2) is 14.0 Å². The van der Waals surface area contributed by atoms with E-state index in [0.717, 1.165) is 5.56 Å². The summed E-state index contributed by atoms with van der Waals surface area (Å²) in [7, 11) is -1.61. The van der Waals surface area contributed by atoms with Crippen LogP contribution in [-0.4, -0.2) is 20.3 Å². The second-order valence-electron chi connectivity index (χ2n) is 5.41. The summed E-state index contributed by atoms with van der Waals surface area (Å²) in [5, 5.41) is 9.41. The molecule has 0 spiro atoms. The highest BCUT2D eigenvalue weighted by atomic mass is 35.5. The maximum Gasteiger partial charge on any atom is 0.335 e. The molecule has 0 fully saturated rings. The molecule has 3 aromatic rings. The third kappa shape index (κ3) is 4.09. The molecule has 3 rings (SSSR count). The van der Waals surface area contributed by atoms with Crippen molar-refractivity contribution in [2.45, 2.75) is 11.4 Å². The van der Waals surface area contributed by atoms with Gasteiger partial charge in [0.05, 0.1) is 22.0 Å². The Kier molecular flexibility index (Phi) is 5.65. The molecule has 1 atom stereocenters. The Balaban J connectivity index is 1.98. The van der Waals surface area contributed by atoms with Gasteiger partial charge in [-0.15, -0.1) is 0 Å². The number of carboxylic acids is 1. The molecule has 1 unspecified atom stereocenters. The molecular formula is C19H15ClN2O3S. The Morgan fingerprint density at radius 1 is 1.04 bits per heavy atom. The van der Waals surface area contributed by atoms with Gasteiger partial charge in [0.25, 0.3) is 0 Å². The molecule has 0 aliphatic rings. The predicted molar refractivity (Wildman–Crippen MR) is 102 cm³/mol. The summed E-state index contributed by atoms with van der Waals surface area (Å²) in [6, 6.07) is 18.9. The summed E-state index contributed by atoms with van der Waals surface area (Å²) < 4.78 is 14.8. The molecule has 0 radical (unpaired) electrons. The van der Waals surface area contributed by atoms with Crippen LogP contribution in [0, 0.1) is 0 Å². The summed E-state index contributed by atoms with van der Waals surface area (Å²) in [5.41, 5.74) is 1.08. The van der Waals surface area contributed by atoms with Crippen LogP contribution >= 0.6 is 11.6 Å². The van der Waals surface area contributed by atoms with E-state index in [9.17, 15) is 9.00 Å². The average Bonchev–Trinajstić information content (AvgIpc) is 2.67. The molecule has 26 heavy (non-hydrogen) atoms. The smallest absolute Gasteiger partial charge is 0.335 e. The highest BCUT2D eigenvalue weighted by molar-refractivity contribution is 7.86. The van der Waals surface area contributed by atoms with Crippen LogP contribution in [0.1, 0.15) is 15.9 Å². The van der Waals surface area contributed by atoms with E-state index in [2.05, 4.69) is 4.98 Å². The molecular weight excluding hydrogens is 372 g/mol. The molecule has 5 nitrogen and oxygen atoms in total. The van der Waals surface area contributed by atoms with Crippen LogP contribution in [0.25, 0.3) is 0 Å². The number of pyridine rings is 1. The number of anilines is 1. The van der Waals surface area contributed by atoms with Gasteiger partial charge in [0.15, 0.2) is 16.8 Å². The first-order valence-corrected chi connectivity index (χ1v) is 9.22. The van der Waals surface area contributed by atoms with Crippen LogP contribution in [0.3, 0.4) is 0 Å². The van der Waals surface area contributed by atoms with Crippen molar-refractivity contribution in [1.82, 2.24) is 4.98 Å². The summed E-state index contributed by atoms with van der Waals surface area (Å²) >= 11 is 6.27. The number of hydrogen-bond acceptors (Lipinski definition) is 3. The van der Waals surface area contributed by atoms with E-state index in [-0.39, 0.29) is 5.56 Å². The van der Waals surface area contributed by atoms with E-state index in [1.807, 2.05) is 30.3 Å². The van der Waals surface area contributed by atoms with Gasteiger partial charge < -0.3 is 5.11 Å². The lowest BCUT2D eigenvalue weighted by Crippen LogP contribution is -2.26. The molecule has 0 saturated carbocycles. The van der Waals surface area contributed by atoms with E-state index >= 15 is 0 Å². The predicted octanol–water partition coefficient (Wildman–Crippen LogP) is 4.16. The quantitative estimate of drug-likeness (QED) is 0.690. The number of aromatic nitrogens is 1. The van der Waals surface area contributed by atoms with Crippen LogP contribution in [-0.2, 0) is 17.5 Å². The van der Waals surface area contributed by atoms with Crippen molar-refractivity contribution in [2.24, 2.45) is 0 Å². The molecule has 1 aromatic heterocycles. The van der Waals surface area contributed by atoms with Gasteiger partial charge in [-0.05, 0) is 42.0 Å². The van der Waals surface area contributed by atoms with E-state index in [4.69, 9.17) is 16.7 Å². The highest BCUT2D eigenvalue weighted by Gasteiger charge is 2.20. The molecule has 0 bridgehead atoms. The van der Waals surface area contributed by atoms with Crippen molar-refractivity contribution >= 4 is 34.4 Å². The van der Waals surface area contributed by atoms with Crippen LogP contribution in [0.4, 0.5) is 5.82 Å². The van der Waals surface area contributed by atoms with Gasteiger partial charge in [-0.2, -0.15) is 0 Å². The summed E-state index contributed by atoms with van der Waals surface area (Å²) in [6.45, 7) is 0.338. The molecule has 132 valence electrons. The molecule has 0 aliphatic carbocycles. The zero-order chi connectivity index (χ0) is 18.5. The highest BCUT2D eigenvalue weighted by Crippen LogP contribution is 2.28. The third-order valence-electron chi connectivity index (χ3n) is 3.65. The van der Waals surface area contributed by atoms with Crippen LogP contribution < -0.4 is 4.31 Å². The maximum atomic E-state index is 13.2. The number of carbonyl (C=O) groups is 1. The van der Waals surface area contributed by atoms with Crippen LogP contribution in [0.5, 0.6) is 0 Å². The van der Waals surface area contributed by atoms with Gasteiger partial charge >= 0.3 is 5.97 Å². The first kappa shape index (κ1) is 18.1. The number of benzene rings is 2. The first-order valence-electron chi connectivity index (χ1n) is 7.73. The van der Waals surface area contributed by atoms with E-state index in [1.54, 1.807) is 22.6 Å². The fourth-order valence-corrected chi connectivity index (χ4v) is 3.83. The molecule has 1 heterocycles. The van der Waals surface area contributed by atoms with Crippen molar-refractivity contribution in [3.05, 3.63) is 89.1 Å². The second kappa shape index (κ2) is 8.12. The van der Waals surface area contributed by atoms with Gasteiger partial charge in [-0.1, -0.05) is 41.9 Å². The SMILES string of the molecule is O=C(O)c1ccc(S(=O)N(Cc2ccccc2)c2ncccc2Cl)cc1. The number of nitrogens with zero attached hydrogens (tertiary/aromatic N) is 2. The van der Waals surface area contributed by atoms with E-state index in [0.29, 0.717) is 22.3 Å². The topological polar surface area (TPSA) is 70.5 Å². The number of carboxylic acid groups (broad SMARTS) is 1. The van der Waals surface area contributed by atoms with E-state index in [1.165, 1.54) is 24.3 Å². The Labute approximate surface area is 158 Å². The van der Waals surface area contributed by atoms with Crippen molar-refractivity contribution < 1.29 is 14.1 Å².